The number of phenolic OH excluding ortho intramolecular Hbond substituents is 2. The van der Waals surface area contributed by atoms with Crippen molar-refractivity contribution < 1.29 is 24.5 Å². The lowest BCUT2D eigenvalue weighted by atomic mass is 9.81. The van der Waals surface area contributed by atoms with E-state index in [1.165, 1.54) is 63.5 Å². The van der Waals surface area contributed by atoms with Crippen LogP contribution in [0.2, 0.25) is 0 Å². The third-order valence-corrected chi connectivity index (χ3v) is 6.62. The zero-order chi connectivity index (χ0) is 24.5. The summed E-state index contributed by atoms with van der Waals surface area (Å²) in [6, 6.07) is 8.02. The van der Waals surface area contributed by atoms with Gasteiger partial charge < -0.3 is 14.9 Å². The number of rotatable bonds is 13. The summed E-state index contributed by atoms with van der Waals surface area (Å²) < 4.78 is 5.84. The van der Waals surface area contributed by atoms with Gasteiger partial charge in [0, 0.05) is 17.5 Å². The second-order valence-corrected chi connectivity index (χ2v) is 9.47. The van der Waals surface area contributed by atoms with Gasteiger partial charge in [-0.15, -0.1) is 0 Å². The molecule has 0 bridgehead atoms. The van der Waals surface area contributed by atoms with Crippen LogP contribution in [0.1, 0.15) is 123 Å². The van der Waals surface area contributed by atoms with Crippen molar-refractivity contribution in [2.75, 3.05) is 0 Å². The highest BCUT2D eigenvalue weighted by atomic mass is 16.5. The van der Waals surface area contributed by atoms with Gasteiger partial charge in [-0.1, -0.05) is 89.3 Å². The second kappa shape index (κ2) is 12.6. The number of phenols is 2. The van der Waals surface area contributed by atoms with Crippen LogP contribution in [0.15, 0.2) is 30.3 Å². The largest absolute Gasteiger partial charge is 0.507 e. The van der Waals surface area contributed by atoms with Crippen LogP contribution < -0.4 is 0 Å². The summed E-state index contributed by atoms with van der Waals surface area (Å²) in [5.74, 6) is -1.14. The maximum atomic E-state index is 13.0. The molecule has 1 aliphatic rings. The van der Waals surface area contributed by atoms with Crippen molar-refractivity contribution in [3.63, 3.8) is 0 Å². The lowest BCUT2D eigenvalue weighted by molar-refractivity contribution is -0.147. The summed E-state index contributed by atoms with van der Waals surface area (Å²) in [7, 11) is 0. The van der Waals surface area contributed by atoms with Crippen LogP contribution in [0, 0.1) is 6.92 Å². The van der Waals surface area contributed by atoms with Gasteiger partial charge >= 0.3 is 5.97 Å². The number of aromatic hydroxyl groups is 2. The quantitative estimate of drug-likeness (QED) is 0.239. The molecule has 2 aromatic carbocycles. The molecule has 0 radical (unpaired) electrons. The van der Waals surface area contributed by atoms with Crippen molar-refractivity contribution in [3.05, 3.63) is 58.1 Å². The molecule has 0 saturated carbocycles. The molecule has 2 aromatic rings. The summed E-state index contributed by atoms with van der Waals surface area (Å²) in [6.45, 7) is 4.05. The number of carbonyl (C=O) groups is 2. The van der Waals surface area contributed by atoms with Crippen LogP contribution in [0.25, 0.3) is 0 Å². The molecule has 184 valence electrons. The second-order valence-electron chi connectivity index (χ2n) is 9.47. The molecule has 0 heterocycles. The third kappa shape index (κ3) is 6.40. The van der Waals surface area contributed by atoms with Crippen LogP contribution in [0.3, 0.4) is 0 Å². The van der Waals surface area contributed by atoms with E-state index in [0.717, 1.165) is 24.8 Å². The van der Waals surface area contributed by atoms with Crippen molar-refractivity contribution in [1.82, 2.24) is 0 Å². The number of benzene rings is 2. The molecule has 1 aliphatic carbocycles. The fourth-order valence-corrected chi connectivity index (χ4v) is 4.82. The Kier molecular flexibility index (Phi) is 9.55. The van der Waals surface area contributed by atoms with E-state index in [9.17, 15) is 19.8 Å². The molecule has 5 heteroatoms. The number of fused-ring (bicyclic) bond motifs is 2. The predicted octanol–water partition coefficient (Wildman–Crippen LogP) is 7.28. The molecule has 0 saturated heterocycles. The molecule has 34 heavy (non-hydrogen) atoms. The minimum absolute atomic E-state index is 0.0849. The molecular formula is C29H38O5. The van der Waals surface area contributed by atoms with E-state index in [4.69, 9.17) is 4.74 Å². The number of ketones is 1. The smallest absolute Gasteiger partial charge is 0.306 e. The molecule has 2 N–H and O–H groups in total. The summed E-state index contributed by atoms with van der Waals surface area (Å²) in [5, 5.41) is 20.8. The number of unbranched alkanes of at least 4 members (excludes halogenated alkanes) is 10. The Morgan fingerprint density at radius 1 is 0.824 bits per heavy atom. The van der Waals surface area contributed by atoms with Gasteiger partial charge in [-0.05, 0) is 31.0 Å². The molecular weight excluding hydrogens is 428 g/mol. The number of ether oxygens (including phenoxy) is 1. The Bertz CT molecular complexity index is 994. The topological polar surface area (TPSA) is 83.8 Å². The van der Waals surface area contributed by atoms with Crippen LogP contribution in [-0.4, -0.2) is 22.0 Å². The Balaban J connectivity index is 1.54. The Labute approximate surface area is 203 Å². The van der Waals surface area contributed by atoms with E-state index in [2.05, 4.69) is 6.92 Å². The first kappa shape index (κ1) is 25.8. The highest BCUT2D eigenvalue weighted by Crippen LogP contribution is 2.44. The first-order chi connectivity index (χ1) is 16.4. The van der Waals surface area contributed by atoms with Crippen molar-refractivity contribution in [3.8, 4) is 11.5 Å². The summed E-state index contributed by atoms with van der Waals surface area (Å²) in [5.41, 5.74) is 1.86. The molecule has 0 amide bonds. The van der Waals surface area contributed by atoms with E-state index in [-0.39, 0.29) is 28.6 Å². The van der Waals surface area contributed by atoms with Crippen molar-refractivity contribution >= 4 is 11.8 Å². The van der Waals surface area contributed by atoms with Gasteiger partial charge in [-0.2, -0.15) is 0 Å². The minimum atomic E-state index is -0.833. The number of aryl methyl sites for hydroxylation is 1. The molecule has 0 aliphatic heterocycles. The van der Waals surface area contributed by atoms with Crippen LogP contribution in [0.4, 0.5) is 0 Å². The average molecular weight is 467 g/mol. The maximum Gasteiger partial charge on any atom is 0.306 e. The van der Waals surface area contributed by atoms with Gasteiger partial charge in [0.05, 0.1) is 11.1 Å². The Morgan fingerprint density at radius 2 is 1.41 bits per heavy atom. The van der Waals surface area contributed by atoms with Crippen LogP contribution in [0.5, 0.6) is 11.5 Å². The first-order valence-corrected chi connectivity index (χ1v) is 12.8. The molecule has 3 rings (SSSR count). The predicted molar refractivity (Wildman–Crippen MR) is 133 cm³/mol. The van der Waals surface area contributed by atoms with Crippen molar-refractivity contribution in [2.24, 2.45) is 0 Å². The fraction of sp³-hybridized carbons (Fsp3) is 0.517. The van der Waals surface area contributed by atoms with Gasteiger partial charge in [-0.3, -0.25) is 9.59 Å². The highest BCUT2D eigenvalue weighted by molar-refractivity contribution is 6.15. The standard InChI is InChI=1S/C29H38O5/c1-3-4-5-6-7-8-9-10-11-12-13-17-25(32)34-29-21-15-14-16-23(30)26(21)28(33)27-22(29)18-20(2)19-24(27)31/h14-16,18-19,29-31H,3-13,17H2,1-2H3. The number of carbonyl (C=O) groups excluding carboxylic acids is 2. The van der Waals surface area contributed by atoms with Gasteiger partial charge in [0.2, 0.25) is 5.78 Å². The zero-order valence-electron chi connectivity index (χ0n) is 20.6. The van der Waals surface area contributed by atoms with E-state index < -0.39 is 11.9 Å². The average Bonchev–Trinajstić information content (AvgIpc) is 2.79. The molecule has 1 atom stereocenters. The highest BCUT2D eigenvalue weighted by Gasteiger charge is 2.37. The van der Waals surface area contributed by atoms with E-state index >= 15 is 0 Å². The maximum absolute atomic E-state index is 13.0. The van der Waals surface area contributed by atoms with E-state index in [1.807, 2.05) is 6.92 Å². The molecule has 1 unspecified atom stereocenters. The molecule has 0 spiro atoms. The third-order valence-electron chi connectivity index (χ3n) is 6.62. The van der Waals surface area contributed by atoms with E-state index in [0.29, 0.717) is 17.5 Å². The van der Waals surface area contributed by atoms with Gasteiger partial charge in [0.1, 0.15) is 11.5 Å². The van der Waals surface area contributed by atoms with Crippen LogP contribution in [-0.2, 0) is 9.53 Å². The monoisotopic (exact) mass is 466 g/mol. The molecule has 5 nitrogen and oxygen atoms in total. The summed E-state index contributed by atoms with van der Waals surface area (Å²) >= 11 is 0. The first-order valence-electron chi connectivity index (χ1n) is 12.8. The fourth-order valence-electron chi connectivity index (χ4n) is 4.82. The van der Waals surface area contributed by atoms with Gasteiger partial charge in [-0.25, -0.2) is 0 Å². The van der Waals surface area contributed by atoms with E-state index in [1.54, 1.807) is 18.2 Å². The van der Waals surface area contributed by atoms with Crippen LogP contribution >= 0.6 is 0 Å². The SMILES string of the molecule is CCCCCCCCCCCCCC(=O)OC1c2cccc(O)c2C(=O)c2c(O)cc(C)cc21. The minimum Gasteiger partial charge on any atom is -0.507 e. The Hall–Kier alpha value is -2.82. The molecule has 0 fully saturated rings. The van der Waals surface area contributed by atoms with Gasteiger partial charge in [0.15, 0.2) is 6.10 Å². The summed E-state index contributed by atoms with van der Waals surface area (Å²) in [4.78, 5) is 25.7. The van der Waals surface area contributed by atoms with Gasteiger partial charge in [0.25, 0.3) is 0 Å². The number of hydrogen-bond acceptors (Lipinski definition) is 5. The number of hydrogen-bond donors (Lipinski definition) is 2. The normalized spacial score (nSPS) is 14.5. The zero-order valence-corrected chi connectivity index (χ0v) is 20.6. The number of esters is 1. The Morgan fingerprint density at radius 3 is 2.06 bits per heavy atom. The lowest BCUT2D eigenvalue weighted by Crippen LogP contribution is -2.24. The molecule has 0 aromatic heterocycles. The summed E-state index contributed by atoms with van der Waals surface area (Å²) in [6.07, 6.45) is 12.7. The van der Waals surface area contributed by atoms with Crippen molar-refractivity contribution in [1.29, 1.82) is 0 Å². The van der Waals surface area contributed by atoms with Crippen molar-refractivity contribution in [2.45, 2.75) is 97.0 Å². The lowest BCUT2D eigenvalue weighted by Gasteiger charge is -2.28.